The van der Waals surface area contributed by atoms with Crippen molar-refractivity contribution in [1.29, 1.82) is 0 Å². The first-order valence-electron chi connectivity index (χ1n) is 19.5. The van der Waals surface area contributed by atoms with E-state index in [-0.39, 0.29) is 0 Å². The number of fused-ring (bicyclic) bond motifs is 16. The van der Waals surface area contributed by atoms with Crippen LogP contribution in [0.15, 0.2) is 194 Å². The average Bonchev–Trinajstić information content (AvgIpc) is 3.92. The molecule has 0 fully saturated rings. The summed E-state index contributed by atoms with van der Waals surface area (Å²) in [6.07, 6.45) is 3.89. The van der Waals surface area contributed by atoms with Crippen molar-refractivity contribution in [3.05, 3.63) is 194 Å². The molecule has 0 aliphatic heterocycles. The Morgan fingerprint density at radius 2 is 0.684 bits per heavy atom. The van der Waals surface area contributed by atoms with Gasteiger partial charge in [0.05, 0.1) is 33.1 Å². The zero-order chi connectivity index (χ0) is 37.2. The van der Waals surface area contributed by atoms with Crippen LogP contribution < -0.4 is 0 Å². The van der Waals surface area contributed by atoms with Crippen molar-refractivity contribution in [2.75, 3.05) is 0 Å². The summed E-state index contributed by atoms with van der Waals surface area (Å²) in [5.74, 6) is 0. The van der Waals surface area contributed by atoms with Crippen LogP contribution >= 0.6 is 0 Å². The van der Waals surface area contributed by atoms with Gasteiger partial charge in [-0.3, -0.25) is 4.98 Å². The van der Waals surface area contributed by atoms with E-state index in [1.165, 1.54) is 81.3 Å². The lowest BCUT2D eigenvalue weighted by Crippen LogP contribution is -1.96. The fourth-order valence-electron chi connectivity index (χ4n) is 9.96. The second-order valence-electron chi connectivity index (χ2n) is 15.1. The molecule has 0 spiro atoms. The molecule has 0 unspecified atom stereocenters. The lowest BCUT2D eigenvalue weighted by molar-refractivity contribution is 1.16. The van der Waals surface area contributed by atoms with Gasteiger partial charge in [0.25, 0.3) is 0 Å². The van der Waals surface area contributed by atoms with Crippen molar-refractivity contribution in [2.24, 2.45) is 0 Å². The van der Waals surface area contributed by atoms with Crippen molar-refractivity contribution >= 4 is 97.7 Å². The van der Waals surface area contributed by atoms with Gasteiger partial charge in [0.2, 0.25) is 0 Å². The molecule has 0 N–H and O–H groups in total. The number of benzene rings is 9. The highest BCUT2D eigenvalue weighted by Gasteiger charge is 2.22. The number of hydrogen-bond donors (Lipinski definition) is 0. The van der Waals surface area contributed by atoms with Gasteiger partial charge in [0.15, 0.2) is 0 Å². The van der Waals surface area contributed by atoms with Crippen LogP contribution in [0.5, 0.6) is 0 Å². The zero-order valence-electron chi connectivity index (χ0n) is 30.8. The minimum absolute atomic E-state index is 1.13. The molecule has 4 nitrogen and oxygen atoms in total. The van der Waals surface area contributed by atoms with E-state index in [1.807, 2.05) is 12.4 Å². The van der Waals surface area contributed by atoms with Crippen LogP contribution in [0.2, 0.25) is 0 Å². The number of aromatic nitrogens is 4. The molecule has 0 radical (unpaired) electrons. The Kier molecular flexibility index (Phi) is 6.13. The van der Waals surface area contributed by atoms with Gasteiger partial charge in [-0.15, -0.1) is 0 Å². The van der Waals surface area contributed by atoms with Gasteiger partial charge in [-0.2, -0.15) is 0 Å². The predicted molar refractivity (Wildman–Crippen MR) is 240 cm³/mol. The molecule has 4 heteroatoms. The molecule has 0 saturated heterocycles. The largest absolute Gasteiger partial charge is 0.309 e. The molecule has 0 bridgehead atoms. The van der Waals surface area contributed by atoms with E-state index in [2.05, 4.69) is 201 Å². The highest BCUT2D eigenvalue weighted by atomic mass is 15.0. The number of para-hydroxylation sites is 3. The number of hydrogen-bond acceptors (Lipinski definition) is 1. The molecular formula is C53H32N4. The lowest BCUT2D eigenvalue weighted by Gasteiger charge is -2.14. The number of nitrogens with zero attached hydrogens (tertiary/aromatic N) is 4. The minimum Gasteiger partial charge on any atom is -0.309 e. The zero-order valence-corrected chi connectivity index (χ0v) is 30.8. The maximum atomic E-state index is 4.58. The highest BCUT2D eigenvalue weighted by Crippen LogP contribution is 2.44. The molecule has 0 atom stereocenters. The molecule has 4 heterocycles. The van der Waals surface area contributed by atoms with Crippen molar-refractivity contribution in [3.63, 3.8) is 0 Å². The second kappa shape index (κ2) is 11.4. The summed E-state index contributed by atoms with van der Waals surface area (Å²) in [6, 6.07) is 66.7. The summed E-state index contributed by atoms with van der Waals surface area (Å²) < 4.78 is 7.26. The first kappa shape index (κ1) is 30.6. The van der Waals surface area contributed by atoms with Crippen molar-refractivity contribution in [2.45, 2.75) is 0 Å². The molecule has 0 saturated carbocycles. The third-order valence-corrected chi connectivity index (χ3v) is 12.3. The number of pyridine rings is 1. The fourth-order valence-corrected chi connectivity index (χ4v) is 9.96. The fraction of sp³-hybridized carbons (Fsp3) is 0. The Morgan fingerprint density at radius 3 is 1.30 bits per heavy atom. The van der Waals surface area contributed by atoms with E-state index in [1.54, 1.807) is 0 Å². The summed E-state index contributed by atoms with van der Waals surface area (Å²) in [7, 11) is 0. The predicted octanol–water partition coefficient (Wildman–Crippen LogP) is 13.8. The van der Waals surface area contributed by atoms with E-state index < -0.39 is 0 Å². The van der Waals surface area contributed by atoms with Crippen LogP contribution in [-0.2, 0) is 0 Å². The van der Waals surface area contributed by atoms with Crippen LogP contribution in [0.3, 0.4) is 0 Å². The van der Waals surface area contributed by atoms with Gasteiger partial charge in [-0.1, -0.05) is 109 Å². The molecule has 13 rings (SSSR count). The monoisotopic (exact) mass is 724 g/mol. The second-order valence-corrected chi connectivity index (χ2v) is 15.1. The van der Waals surface area contributed by atoms with Crippen molar-refractivity contribution < 1.29 is 0 Å². The van der Waals surface area contributed by atoms with Crippen LogP contribution in [-0.4, -0.2) is 18.7 Å². The van der Waals surface area contributed by atoms with Gasteiger partial charge in [0, 0.05) is 61.8 Å². The Balaban J connectivity index is 1.10. The van der Waals surface area contributed by atoms with Gasteiger partial charge < -0.3 is 13.7 Å². The average molecular weight is 725 g/mol. The lowest BCUT2D eigenvalue weighted by atomic mass is 9.94. The Hall–Kier alpha value is -7.69. The van der Waals surface area contributed by atoms with E-state index in [9.17, 15) is 0 Å². The van der Waals surface area contributed by atoms with Crippen molar-refractivity contribution in [1.82, 2.24) is 18.7 Å². The summed E-state index contributed by atoms with van der Waals surface area (Å²) in [5, 5.41) is 15.0. The molecule has 0 aliphatic rings. The van der Waals surface area contributed by atoms with Gasteiger partial charge in [-0.25, -0.2) is 0 Å². The smallest absolute Gasteiger partial charge is 0.0571 e. The quantitative estimate of drug-likeness (QED) is 0.167. The Bertz CT molecular complexity index is 3770. The topological polar surface area (TPSA) is 27.7 Å². The Labute approximate surface area is 326 Å². The SMILES string of the molecule is c1ccc(-n2c3ccncc3c3cc(-n4c5ccccc5c5c6c7ccccc7n(-c7ccc8c9ccccc9c9ccccc9c8c7)c6ccc54)ccc32)cc1. The van der Waals surface area contributed by atoms with E-state index in [4.69, 9.17) is 0 Å². The third kappa shape index (κ3) is 4.13. The minimum atomic E-state index is 1.13. The van der Waals surface area contributed by atoms with Crippen LogP contribution in [0.25, 0.3) is 115 Å². The maximum absolute atomic E-state index is 4.58. The van der Waals surface area contributed by atoms with Crippen LogP contribution in [0, 0.1) is 0 Å². The standard InChI is InChI=1S/C53H32N4/c1-2-12-33(13-3-1)55-48-25-23-35(31-44(48)45-32-54-29-28-49(45)55)57-47-21-11-9-19-42(47)53-51(57)27-26-50-52(53)41-18-8-10-20-46(41)56(50)34-22-24-40-38-16-5-4-14-36(38)37-15-6-7-17-39(37)43(40)30-34/h1-32H. The first-order valence-corrected chi connectivity index (χ1v) is 19.5. The summed E-state index contributed by atoms with van der Waals surface area (Å²) in [5.41, 5.74) is 10.5. The highest BCUT2D eigenvalue weighted by molar-refractivity contribution is 6.30. The summed E-state index contributed by atoms with van der Waals surface area (Å²) in [4.78, 5) is 4.58. The molecule has 4 aromatic heterocycles. The van der Waals surface area contributed by atoms with Gasteiger partial charge in [-0.05, 0) is 105 Å². The summed E-state index contributed by atoms with van der Waals surface area (Å²) in [6.45, 7) is 0. The van der Waals surface area contributed by atoms with Crippen molar-refractivity contribution in [3.8, 4) is 17.1 Å². The van der Waals surface area contributed by atoms with Gasteiger partial charge >= 0.3 is 0 Å². The molecule has 264 valence electrons. The molecule has 0 amide bonds. The summed E-state index contributed by atoms with van der Waals surface area (Å²) >= 11 is 0. The maximum Gasteiger partial charge on any atom is 0.0571 e. The molecule has 9 aromatic carbocycles. The molecule has 57 heavy (non-hydrogen) atoms. The van der Waals surface area contributed by atoms with E-state index in [0.717, 1.165) is 33.5 Å². The molecular weight excluding hydrogens is 693 g/mol. The van der Waals surface area contributed by atoms with Gasteiger partial charge in [0.1, 0.15) is 0 Å². The van der Waals surface area contributed by atoms with E-state index >= 15 is 0 Å². The van der Waals surface area contributed by atoms with E-state index in [0.29, 0.717) is 0 Å². The number of rotatable bonds is 3. The van der Waals surface area contributed by atoms with Crippen LogP contribution in [0.4, 0.5) is 0 Å². The van der Waals surface area contributed by atoms with Crippen LogP contribution in [0.1, 0.15) is 0 Å². The molecule has 13 aromatic rings. The molecule has 0 aliphatic carbocycles. The Morgan fingerprint density at radius 1 is 0.263 bits per heavy atom. The first-order chi connectivity index (χ1) is 28.3. The normalized spacial score (nSPS) is 12.2. The third-order valence-electron chi connectivity index (χ3n) is 12.3.